The van der Waals surface area contributed by atoms with E-state index in [0.717, 1.165) is 14.4 Å². The van der Waals surface area contributed by atoms with E-state index < -0.39 is 0 Å². The fourth-order valence-corrected chi connectivity index (χ4v) is 4.20. The Morgan fingerprint density at radius 3 is 2.57 bits per heavy atom. The van der Waals surface area contributed by atoms with Gasteiger partial charge >= 0.3 is 0 Å². The van der Waals surface area contributed by atoms with Gasteiger partial charge in [-0.2, -0.15) is 0 Å². The smallest absolute Gasteiger partial charge is 0.197 e. The van der Waals surface area contributed by atoms with Crippen LogP contribution in [0.15, 0.2) is 52.0 Å². The molecule has 1 aliphatic heterocycles. The number of carbonyl (C=O) groups excluding carboxylic acids is 1. The number of benzene rings is 1. The number of halogens is 1. The number of rotatable bonds is 2. The molecule has 3 rings (SSSR count). The van der Waals surface area contributed by atoms with Gasteiger partial charge in [0, 0.05) is 29.9 Å². The van der Waals surface area contributed by atoms with Crippen LogP contribution in [0.2, 0.25) is 0 Å². The highest BCUT2D eigenvalue weighted by Gasteiger charge is 2.38. The maximum atomic E-state index is 12.5. The average molecular weight is 362 g/mol. The lowest BCUT2D eigenvalue weighted by molar-refractivity contribution is 0.104. The van der Waals surface area contributed by atoms with Gasteiger partial charge in [-0.25, -0.2) is 0 Å². The van der Waals surface area contributed by atoms with Crippen LogP contribution in [-0.4, -0.2) is 12.8 Å². The first-order valence-corrected chi connectivity index (χ1v) is 8.37. The van der Waals surface area contributed by atoms with E-state index in [1.54, 1.807) is 6.08 Å². The van der Waals surface area contributed by atoms with Crippen LogP contribution in [0.4, 0.5) is 5.69 Å². The third kappa shape index (κ3) is 2.36. The molecule has 1 aromatic heterocycles. The highest BCUT2D eigenvalue weighted by atomic mass is 79.9. The lowest BCUT2D eigenvalue weighted by atomic mass is 9.83. The Hall–Kier alpha value is -1.39. The Labute approximate surface area is 137 Å². The molecular weight excluding hydrogens is 346 g/mol. The van der Waals surface area contributed by atoms with E-state index in [0.29, 0.717) is 0 Å². The number of carbonyl (C=O) groups is 1. The normalized spacial score (nSPS) is 18.1. The van der Waals surface area contributed by atoms with E-state index >= 15 is 0 Å². The summed E-state index contributed by atoms with van der Waals surface area (Å²) in [7, 11) is 2.02. The van der Waals surface area contributed by atoms with E-state index in [2.05, 4.69) is 52.9 Å². The van der Waals surface area contributed by atoms with Crippen molar-refractivity contribution in [2.24, 2.45) is 0 Å². The highest BCUT2D eigenvalue weighted by Crippen LogP contribution is 2.46. The first-order valence-electron chi connectivity index (χ1n) is 6.76. The summed E-state index contributed by atoms with van der Waals surface area (Å²) in [5.74, 6) is 0.0634. The number of hydrogen-bond donors (Lipinski definition) is 0. The van der Waals surface area contributed by atoms with Crippen molar-refractivity contribution in [1.82, 2.24) is 0 Å². The Morgan fingerprint density at radius 2 is 1.95 bits per heavy atom. The summed E-state index contributed by atoms with van der Waals surface area (Å²) in [5, 5.41) is 0. The SMILES string of the molecule is CN1/C(=C\C(=O)c2ccc(Br)s2)C(C)(C)c2ccccc21. The van der Waals surface area contributed by atoms with Gasteiger partial charge in [0.15, 0.2) is 5.78 Å². The Balaban J connectivity index is 2.04. The molecule has 1 aliphatic rings. The van der Waals surface area contributed by atoms with Crippen LogP contribution in [0.25, 0.3) is 0 Å². The van der Waals surface area contributed by atoms with E-state index in [1.807, 2.05) is 25.2 Å². The lowest BCUT2D eigenvalue weighted by Gasteiger charge is -2.23. The first-order chi connectivity index (χ1) is 9.91. The van der Waals surface area contributed by atoms with Crippen LogP contribution in [0.1, 0.15) is 29.1 Å². The molecule has 4 heteroatoms. The fraction of sp³-hybridized carbons (Fsp3) is 0.235. The molecule has 2 heterocycles. The van der Waals surface area contributed by atoms with E-state index in [1.165, 1.54) is 22.6 Å². The molecule has 2 nitrogen and oxygen atoms in total. The third-order valence-electron chi connectivity index (χ3n) is 4.02. The molecule has 0 fully saturated rings. The predicted molar refractivity (Wildman–Crippen MR) is 92.3 cm³/mol. The number of hydrogen-bond acceptors (Lipinski definition) is 3. The Morgan fingerprint density at radius 1 is 1.24 bits per heavy atom. The number of para-hydroxylation sites is 1. The number of thiophene rings is 1. The van der Waals surface area contributed by atoms with E-state index in [4.69, 9.17) is 0 Å². The van der Waals surface area contributed by atoms with E-state index in [-0.39, 0.29) is 11.2 Å². The molecule has 0 atom stereocenters. The summed E-state index contributed by atoms with van der Waals surface area (Å²) >= 11 is 4.87. The molecule has 108 valence electrons. The van der Waals surface area contributed by atoms with Crippen molar-refractivity contribution >= 4 is 38.7 Å². The number of ketones is 1. The minimum absolute atomic E-state index is 0.0634. The minimum atomic E-state index is -0.157. The molecule has 0 amide bonds. The van der Waals surface area contributed by atoms with Crippen LogP contribution in [0, 0.1) is 0 Å². The molecule has 0 unspecified atom stereocenters. The van der Waals surface area contributed by atoms with Crippen LogP contribution < -0.4 is 4.90 Å². The summed E-state index contributed by atoms with van der Waals surface area (Å²) in [6.07, 6.45) is 1.78. The van der Waals surface area contributed by atoms with Crippen molar-refractivity contribution in [3.63, 3.8) is 0 Å². The Kier molecular flexibility index (Phi) is 3.54. The van der Waals surface area contributed by atoms with Gasteiger partial charge in [-0.3, -0.25) is 4.79 Å². The summed E-state index contributed by atoms with van der Waals surface area (Å²) in [6.45, 7) is 4.33. The van der Waals surface area contributed by atoms with Crippen molar-refractivity contribution in [3.8, 4) is 0 Å². The van der Waals surface area contributed by atoms with Gasteiger partial charge in [0.25, 0.3) is 0 Å². The third-order valence-corrected chi connectivity index (χ3v) is 5.66. The molecule has 0 bridgehead atoms. The maximum absolute atomic E-state index is 12.5. The van der Waals surface area contributed by atoms with Crippen LogP contribution in [0.5, 0.6) is 0 Å². The van der Waals surface area contributed by atoms with Crippen molar-refractivity contribution < 1.29 is 4.79 Å². The van der Waals surface area contributed by atoms with Gasteiger partial charge in [-0.05, 0) is 39.7 Å². The molecule has 0 saturated heterocycles. The van der Waals surface area contributed by atoms with Crippen LogP contribution in [-0.2, 0) is 5.41 Å². The standard InChI is InChI=1S/C17H16BrNOS/c1-17(2)11-6-4-5-7-12(11)19(3)15(17)10-13(20)14-8-9-16(18)21-14/h4-10H,1-3H3/b15-10-. The molecule has 2 aromatic rings. The van der Waals surface area contributed by atoms with Crippen LogP contribution >= 0.6 is 27.3 Å². The largest absolute Gasteiger partial charge is 0.347 e. The van der Waals surface area contributed by atoms with Crippen molar-refractivity contribution in [1.29, 1.82) is 0 Å². The second-order valence-corrected chi connectivity index (χ2v) is 8.16. The minimum Gasteiger partial charge on any atom is -0.347 e. The average Bonchev–Trinajstić information content (AvgIpc) is 2.96. The summed E-state index contributed by atoms with van der Waals surface area (Å²) in [6, 6.07) is 12.1. The number of fused-ring (bicyclic) bond motifs is 1. The second kappa shape index (κ2) is 5.11. The zero-order chi connectivity index (χ0) is 15.2. The number of anilines is 1. The molecule has 0 spiro atoms. The molecule has 0 aliphatic carbocycles. The quantitative estimate of drug-likeness (QED) is 0.553. The summed E-state index contributed by atoms with van der Waals surface area (Å²) in [4.78, 5) is 15.4. The number of nitrogens with zero attached hydrogens (tertiary/aromatic N) is 1. The lowest BCUT2D eigenvalue weighted by Crippen LogP contribution is -2.24. The summed E-state index contributed by atoms with van der Waals surface area (Å²) < 4.78 is 0.978. The van der Waals surface area contributed by atoms with Crippen molar-refractivity contribution in [2.75, 3.05) is 11.9 Å². The van der Waals surface area contributed by atoms with Gasteiger partial charge in [0.05, 0.1) is 8.66 Å². The van der Waals surface area contributed by atoms with Crippen molar-refractivity contribution in [3.05, 3.63) is 62.4 Å². The molecule has 0 saturated carbocycles. The van der Waals surface area contributed by atoms with Crippen LogP contribution in [0.3, 0.4) is 0 Å². The number of allylic oxidation sites excluding steroid dienone is 2. The van der Waals surface area contributed by atoms with Gasteiger partial charge in [0.2, 0.25) is 0 Å². The molecule has 1 aromatic carbocycles. The Bertz CT molecular complexity index is 745. The maximum Gasteiger partial charge on any atom is 0.197 e. The monoisotopic (exact) mass is 361 g/mol. The fourth-order valence-electron chi connectivity index (χ4n) is 2.90. The van der Waals surface area contributed by atoms with Gasteiger partial charge in [-0.1, -0.05) is 32.0 Å². The second-order valence-electron chi connectivity index (χ2n) is 5.70. The predicted octanol–water partition coefficient (Wildman–Crippen LogP) is 5.00. The molecular formula is C17H16BrNOS. The first kappa shape index (κ1) is 14.5. The zero-order valence-corrected chi connectivity index (χ0v) is 14.6. The molecule has 0 N–H and O–H groups in total. The van der Waals surface area contributed by atoms with Gasteiger partial charge in [-0.15, -0.1) is 11.3 Å². The van der Waals surface area contributed by atoms with Crippen molar-refractivity contribution in [2.45, 2.75) is 19.3 Å². The number of likely N-dealkylation sites (N-methyl/N-ethyl adjacent to an activating group) is 1. The molecule has 0 radical (unpaired) electrons. The molecule has 21 heavy (non-hydrogen) atoms. The topological polar surface area (TPSA) is 20.3 Å². The van der Waals surface area contributed by atoms with Gasteiger partial charge < -0.3 is 4.90 Å². The van der Waals surface area contributed by atoms with E-state index in [9.17, 15) is 4.79 Å². The zero-order valence-electron chi connectivity index (χ0n) is 12.2. The van der Waals surface area contributed by atoms with Gasteiger partial charge in [0.1, 0.15) is 0 Å². The summed E-state index contributed by atoms with van der Waals surface area (Å²) in [5.41, 5.74) is 3.32. The highest BCUT2D eigenvalue weighted by molar-refractivity contribution is 9.11.